The van der Waals surface area contributed by atoms with Crippen molar-refractivity contribution < 1.29 is 9.53 Å². The molecule has 1 aromatic heterocycles. The van der Waals surface area contributed by atoms with Crippen molar-refractivity contribution in [2.75, 3.05) is 18.0 Å². The Bertz CT molecular complexity index is 624. The summed E-state index contributed by atoms with van der Waals surface area (Å²) in [6, 6.07) is 1.93. The zero-order valence-electron chi connectivity index (χ0n) is 14.6. The van der Waals surface area contributed by atoms with Crippen molar-refractivity contribution in [2.24, 2.45) is 5.92 Å². The van der Waals surface area contributed by atoms with Crippen LogP contribution in [0.4, 0.5) is 10.5 Å². The first-order valence-electron chi connectivity index (χ1n) is 8.03. The molecule has 2 rings (SSSR count). The van der Waals surface area contributed by atoms with Gasteiger partial charge in [-0.3, -0.25) is 4.98 Å². The number of hydrogen-bond acceptors (Lipinski definition) is 6. The smallest absolute Gasteiger partial charge is 0.407 e. The summed E-state index contributed by atoms with van der Waals surface area (Å²) < 4.78 is 5.35. The third-order valence-corrected chi connectivity index (χ3v) is 4.27. The van der Waals surface area contributed by atoms with Gasteiger partial charge >= 0.3 is 6.09 Å². The van der Waals surface area contributed by atoms with Crippen molar-refractivity contribution in [2.45, 2.75) is 50.7 Å². The van der Waals surface area contributed by atoms with Gasteiger partial charge in [0.05, 0.1) is 10.6 Å². The maximum absolute atomic E-state index is 12.0. The Balaban J connectivity index is 2.08. The van der Waals surface area contributed by atoms with E-state index in [1.807, 2.05) is 26.8 Å². The number of nitrogens with one attached hydrogen (secondary N) is 1. The number of thioether (sulfide) groups is 1. The van der Waals surface area contributed by atoms with Crippen molar-refractivity contribution in [1.82, 2.24) is 10.3 Å². The molecule has 2 heterocycles. The predicted octanol–water partition coefficient (Wildman–Crippen LogP) is 3.39. The first-order valence-corrected chi connectivity index (χ1v) is 8.84. The molecule has 1 saturated heterocycles. The summed E-state index contributed by atoms with van der Waals surface area (Å²) in [5, 5.41) is 14.0. The van der Waals surface area contributed by atoms with Gasteiger partial charge in [0, 0.05) is 31.5 Å². The van der Waals surface area contributed by atoms with Gasteiger partial charge in [0.15, 0.2) is 0 Å². The van der Waals surface area contributed by atoms with Gasteiger partial charge < -0.3 is 15.0 Å². The van der Waals surface area contributed by atoms with E-state index in [-0.39, 0.29) is 12.1 Å². The maximum Gasteiger partial charge on any atom is 0.407 e. The summed E-state index contributed by atoms with van der Waals surface area (Å²) >= 11 is 1.11. The van der Waals surface area contributed by atoms with Crippen LogP contribution < -0.4 is 10.2 Å². The number of carbonyl (C=O) groups excluding carboxylic acids is 1. The van der Waals surface area contributed by atoms with Crippen LogP contribution in [0.2, 0.25) is 0 Å². The number of anilines is 1. The second kappa shape index (κ2) is 7.75. The normalized spacial score (nSPS) is 21.0. The van der Waals surface area contributed by atoms with Gasteiger partial charge in [0.1, 0.15) is 11.0 Å². The lowest BCUT2D eigenvalue weighted by Crippen LogP contribution is -2.51. The van der Waals surface area contributed by atoms with E-state index < -0.39 is 5.60 Å². The minimum Gasteiger partial charge on any atom is -0.444 e. The lowest BCUT2D eigenvalue weighted by Gasteiger charge is -2.38. The fraction of sp³-hybridized carbons (Fsp3) is 0.588. The lowest BCUT2D eigenvalue weighted by molar-refractivity contribution is 0.0495. The summed E-state index contributed by atoms with van der Waals surface area (Å²) in [5.41, 5.74) is 0.477. The zero-order valence-corrected chi connectivity index (χ0v) is 15.4. The number of nitrogens with zero attached hydrogens (tertiary/aromatic N) is 3. The molecule has 0 saturated carbocycles. The van der Waals surface area contributed by atoms with Gasteiger partial charge in [-0.2, -0.15) is 5.26 Å². The molecule has 0 spiro atoms. The Labute approximate surface area is 147 Å². The Hall–Kier alpha value is -1.94. The van der Waals surface area contributed by atoms with Crippen LogP contribution in [0, 0.1) is 16.6 Å². The van der Waals surface area contributed by atoms with Crippen molar-refractivity contribution in [3.05, 3.63) is 18.5 Å². The minimum absolute atomic E-state index is 0.0108. The van der Waals surface area contributed by atoms with Crippen molar-refractivity contribution in [3.63, 3.8) is 0 Å². The van der Waals surface area contributed by atoms with Gasteiger partial charge in [0.25, 0.3) is 0 Å². The molecule has 1 amide bonds. The molecule has 130 valence electrons. The molecule has 24 heavy (non-hydrogen) atoms. The number of hydrogen-bond donors (Lipinski definition) is 1. The van der Waals surface area contributed by atoms with E-state index in [4.69, 9.17) is 10.00 Å². The molecule has 0 radical (unpaired) electrons. The fourth-order valence-corrected chi connectivity index (χ4v) is 3.40. The topological polar surface area (TPSA) is 78.2 Å². The zero-order chi connectivity index (χ0) is 17.7. The summed E-state index contributed by atoms with van der Waals surface area (Å²) in [6.45, 7) is 9.29. The lowest BCUT2D eigenvalue weighted by atomic mass is 9.95. The van der Waals surface area contributed by atoms with Crippen molar-refractivity contribution in [1.29, 1.82) is 5.26 Å². The molecular weight excluding hydrogens is 324 g/mol. The standard InChI is InChI=1S/C17H24N4O2S/c1-12-7-13(20-16(22)23-17(2,3)4)10-21(9-12)14-5-6-19-8-15(14)24-11-18/h5-6,8,12-13H,7,9-10H2,1-4H3,(H,20,22)/t12-,13+/m1/s1. The minimum atomic E-state index is -0.508. The number of nitriles is 1. The molecule has 1 fully saturated rings. The molecule has 1 aliphatic rings. The molecule has 1 aromatic rings. The number of rotatable bonds is 3. The number of aromatic nitrogens is 1. The third kappa shape index (κ3) is 5.31. The Morgan fingerprint density at radius 2 is 2.25 bits per heavy atom. The van der Waals surface area contributed by atoms with Crippen LogP contribution in [0.1, 0.15) is 34.1 Å². The summed E-state index contributed by atoms with van der Waals surface area (Å²) in [4.78, 5) is 19.2. The number of amides is 1. The van der Waals surface area contributed by atoms with Gasteiger partial charge in [0.2, 0.25) is 0 Å². The van der Waals surface area contributed by atoms with Crippen LogP contribution in [0.25, 0.3) is 0 Å². The van der Waals surface area contributed by atoms with E-state index in [2.05, 4.69) is 27.5 Å². The first kappa shape index (κ1) is 18.4. The Morgan fingerprint density at radius 3 is 2.92 bits per heavy atom. The molecule has 6 nitrogen and oxygen atoms in total. The molecule has 2 atom stereocenters. The highest BCUT2D eigenvalue weighted by Crippen LogP contribution is 2.31. The van der Waals surface area contributed by atoms with Crippen molar-refractivity contribution in [3.8, 4) is 5.40 Å². The van der Waals surface area contributed by atoms with E-state index in [0.717, 1.165) is 35.3 Å². The highest BCUT2D eigenvalue weighted by molar-refractivity contribution is 8.03. The fourth-order valence-electron chi connectivity index (χ4n) is 2.89. The molecule has 0 aliphatic carbocycles. The molecular formula is C17H24N4O2S. The highest BCUT2D eigenvalue weighted by Gasteiger charge is 2.28. The SMILES string of the molecule is C[C@@H]1C[C@H](NC(=O)OC(C)(C)C)CN(c2ccncc2SC#N)C1. The number of carbonyl (C=O) groups is 1. The van der Waals surface area contributed by atoms with E-state index in [0.29, 0.717) is 12.5 Å². The summed E-state index contributed by atoms with van der Waals surface area (Å²) in [6.07, 6.45) is 3.95. The van der Waals surface area contributed by atoms with E-state index in [1.165, 1.54) is 0 Å². The number of thiocyanates is 1. The third-order valence-electron chi connectivity index (χ3n) is 3.64. The molecule has 1 aliphatic heterocycles. The number of ether oxygens (including phenoxy) is 1. The molecule has 1 N–H and O–H groups in total. The number of pyridine rings is 1. The molecule has 7 heteroatoms. The number of piperidine rings is 1. The quantitative estimate of drug-likeness (QED) is 0.666. The Morgan fingerprint density at radius 1 is 1.50 bits per heavy atom. The van der Waals surface area contributed by atoms with Crippen LogP contribution in [0.3, 0.4) is 0 Å². The van der Waals surface area contributed by atoms with Gasteiger partial charge in [-0.25, -0.2) is 4.79 Å². The Kier molecular flexibility index (Phi) is 5.94. The second-order valence-corrected chi connectivity index (χ2v) is 7.95. The summed E-state index contributed by atoms with van der Waals surface area (Å²) in [5.74, 6) is 0.423. The monoisotopic (exact) mass is 348 g/mol. The van der Waals surface area contributed by atoms with Crippen LogP contribution in [-0.2, 0) is 4.74 Å². The van der Waals surface area contributed by atoms with Crippen molar-refractivity contribution >= 4 is 23.5 Å². The van der Waals surface area contributed by atoms with Crippen LogP contribution in [-0.4, -0.2) is 35.8 Å². The summed E-state index contributed by atoms with van der Waals surface area (Å²) in [7, 11) is 0. The van der Waals surface area contributed by atoms with E-state index in [9.17, 15) is 4.79 Å². The largest absolute Gasteiger partial charge is 0.444 e. The van der Waals surface area contributed by atoms with Gasteiger partial charge in [-0.05, 0) is 50.9 Å². The van der Waals surface area contributed by atoms with Gasteiger partial charge in [-0.1, -0.05) is 6.92 Å². The maximum atomic E-state index is 12.0. The molecule has 0 aromatic carbocycles. The van der Waals surface area contributed by atoms with E-state index >= 15 is 0 Å². The van der Waals surface area contributed by atoms with Gasteiger partial charge in [-0.15, -0.1) is 0 Å². The van der Waals surface area contributed by atoms with Crippen LogP contribution >= 0.6 is 11.8 Å². The molecule has 0 unspecified atom stereocenters. The predicted molar refractivity (Wildman–Crippen MR) is 94.9 cm³/mol. The molecule has 0 bridgehead atoms. The van der Waals surface area contributed by atoms with E-state index in [1.54, 1.807) is 12.4 Å². The average Bonchev–Trinajstić information content (AvgIpc) is 2.45. The second-order valence-electron chi connectivity index (χ2n) is 7.13. The average molecular weight is 348 g/mol. The number of alkyl carbamates (subject to hydrolysis) is 1. The highest BCUT2D eigenvalue weighted by atomic mass is 32.2. The van der Waals surface area contributed by atoms with Crippen LogP contribution in [0.5, 0.6) is 0 Å². The first-order chi connectivity index (χ1) is 11.3. The van der Waals surface area contributed by atoms with Crippen LogP contribution in [0.15, 0.2) is 23.4 Å².